The Balaban J connectivity index is 2.26. The van der Waals surface area contributed by atoms with Gasteiger partial charge < -0.3 is 15.5 Å². The number of ether oxygens (including phenoxy) is 1. The first-order valence-corrected chi connectivity index (χ1v) is 6.34. The second kappa shape index (κ2) is 6.43. The molecule has 0 atom stereocenters. The normalized spacial score (nSPS) is 10.1. The third kappa shape index (κ3) is 3.42. The monoisotopic (exact) mass is 309 g/mol. The van der Waals surface area contributed by atoms with Gasteiger partial charge in [-0.2, -0.15) is 0 Å². The van der Waals surface area contributed by atoms with E-state index in [2.05, 4.69) is 10.7 Å². The molecule has 2 rings (SSSR count). The van der Waals surface area contributed by atoms with Crippen molar-refractivity contribution in [3.8, 4) is 5.75 Å². The molecule has 0 spiro atoms. The summed E-state index contributed by atoms with van der Waals surface area (Å²) in [4.78, 5) is 12.2. The van der Waals surface area contributed by atoms with Crippen LogP contribution < -0.4 is 21.3 Å². The van der Waals surface area contributed by atoms with E-state index in [4.69, 9.17) is 22.2 Å². The molecule has 0 fully saturated rings. The van der Waals surface area contributed by atoms with Crippen LogP contribution >= 0.6 is 11.6 Å². The van der Waals surface area contributed by atoms with Gasteiger partial charge in [0.25, 0.3) is 5.91 Å². The summed E-state index contributed by atoms with van der Waals surface area (Å²) in [7, 11) is 1.36. The third-order valence-corrected chi connectivity index (χ3v) is 3.03. The lowest BCUT2D eigenvalue weighted by Crippen LogP contribution is -2.17. The molecule has 0 heterocycles. The number of nitrogens with two attached hydrogens (primary N) is 1. The van der Waals surface area contributed by atoms with Gasteiger partial charge in [-0.1, -0.05) is 11.6 Å². The Bertz CT molecular complexity index is 679. The van der Waals surface area contributed by atoms with Gasteiger partial charge in [0.15, 0.2) is 11.6 Å². The highest BCUT2D eigenvalue weighted by atomic mass is 35.5. The lowest BCUT2D eigenvalue weighted by Gasteiger charge is -2.11. The molecule has 1 amide bonds. The number of nitrogens with one attached hydrogen (secondary N) is 2. The molecule has 0 saturated carbocycles. The molecule has 0 bridgehead atoms. The van der Waals surface area contributed by atoms with E-state index in [1.165, 1.54) is 25.3 Å². The summed E-state index contributed by atoms with van der Waals surface area (Å²) in [6, 6.07) is 8.75. The highest BCUT2D eigenvalue weighted by Gasteiger charge is 2.13. The maximum absolute atomic E-state index is 13.6. The van der Waals surface area contributed by atoms with Gasteiger partial charge in [0.1, 0.15) is 0 Å². The Kier molecular flexibility index (Phi) is 4.62. The molecule has 0 aliphatic rings. The number of halogens is 2. The number of amides is 1. The highest BCUT2D eigenvalue weighted by molar-refractivity contribution is 6.31. The summed E-state index contributed by atoms with van der Waals surface area (Å²) in [6.45, 7) is 0. The Labute approximate surface area is 125 Å². The van der Waals surface area contributed by atoms with Crippen molar-refractivity contribution in [3.05, 3.63) is 52.8 Å². The topological polar surface area (TPSA) is 76.4 Å². The minimum atomic E-state index is -0.571. The van der Waals surface area contributed by atoms with Crippen LogP contribution in [0.5, 0.6) is 5.75 Å². The zero-order chi connectivity index (χ0) is 15.4. The van der Waals surface area contributed by atoms with Crippen LogP contribution in [0, 0.1) is 5.82 Å². The molecule has 0 saturated heterocycles. The lowest BCUT2D eigenvalue weighted by molar-refractivity contribution is 0.102. The van der Waals surface area contributed by atoms with Crippen molar-refractivity contribution in [3.63, 3.8) is 0 Å². The van der Waals surface area contributed by atoms with Crippen LogP contribution in [-0.2, 0) is 0 Å². The van der Waals surface area contributed by atoms with E-state index < -0.39 is 11.7 Å². The molecule has 2 aromatic carbocycles. The molecular formula is C14H13ClFN3O2. The van der Waals surface area contributed by atoms with E-state index in [0.29, 0.717) is 16.4 Å². The zero-order valence-electron chi connectivity index (χ0n) is 11.1. The molecule has 0 aliphatic carbocycles. The van der Waals surface area contributed by atoms with Gasteiger partial charge in [-0.25, -0.2) is 4.39 Å². The predicted molar refractivity (Wildman–Crippen MR) is 80.2 cm³/mol. The van der Waals surface area contributed by atoms with Crippen LogP contribution in [0.2, 0.25) is 5.02 Å². The first kappa shape index (κ1) is 15.1. The van der Waals surface area contributed by atoms with Crippen molar-refractivity contribution < 1.29 is 13.9 Å². The van der Waals surface area contributed by atoms with E-state index in [0.717, 1.165) is 6.07 Å². The molecule has 21 heavy (non-hydrogen) atoms. The summed E-state index contributed by atoms with van der Waals surface area (Å²) in [6.07, 6.45) is 0. The summed E-state index contributed by atoms with van der Waals surface area (Å²) in [5, 5.41) is 2.95. The van der Waals surface area contributed by atoms with Crippen molar-refractivity contribution in [1.82, 2.24) is 0 Å². The molecule has 2 aromatic rings. The van der Waals surface area contributed by atoms with Gasteiger partial charge in [0.2, 0.25) is 0 Å². The molecule has 110 valence electrons. The number of anilines is 2. The maximum Gasteiger partial charge on any atom is 0.257 e. The summed E-state index contributed by atoms with van der Waals surface area (Å²) >= 11 is 5.86. The fourth-order valence-electron chi connectivity index (χ4n) is 1.77. The quantitative estimate of drug-likeness (QED) is 0.599. The minimum absolute atomic E-state index is 0.0973. The molecule has 7 heteroatoms. The SMILES string of the molecule is COc1ccc(NC(=O)c2cc(Cl)ccc2NN)cc1F. The Morgan fingerprint density at radius 3 is 2.67 bits per heavy atom. The molecule has 5 nitrogen and oxygen atoms in total. The van der Waals surface area contributed by atoms with Gasteiger partial charge in [-0.05, 0) is 30.3 Å². The zero-order valence-corrected chi connectivity index (χ0v) is 11.9. The first-order chi connectivity index (χ1) is 10.0. The largest absolute Gasteiger partial charge is 0.494 e. The average Bonchev–Trinajstić information content (AvgIpc) is 2.47. The number of hydrazine groups is 1. The number of methoxy groups -OCH3 is 1. The Hall–Kier alpha value is -2.31. The van der Waals surface area contributed by atoms with E-state index in [1.54, 1.807) is 12.1 Å². The van der Waals surface area contributed by atoms with Gasteiger partial charge >= 0.3 is 0 Å². The number of hydrogen-bond donors (Lipinski definition) is 3. The number of hydrogen-bond acceptors (Lipinski definition) is 4. The van der Waals surface area contributed by atoms with E-state index >= 15 is 0 Å². The predicted octanol–water partition coefficient (Wildman–Crippen LogP) is 3.03. The van der Waals surface area contributed by atoms with Crippen molar-refractivity contribution in [2.24, 2.45) is 5.84 Å². The van der Waals surface area contributed by atoms with Gasteiger partial charge in [-0.3, -0.25) is 10.6 Å². The van der Waals surface area contributed by atoms with Crippen LogP contribution in [0.4, 0.5) is 15.8 Å². The fourth-order valence-corrected chi connectivity index (χ4v) is 1.94. The fraction of sp³-hybridized carbons (Fsp3) is 0.0714. The van der Waals surface area contributed by atoms with Gasteiger partial charge in [0.05, 0.1) is 18.4 Å². The van der Waals surface area contributed by atoms with Crippen LogP contribution in [0.1, 0.15) is 10.4 Å². The molecular weight excluding hydrogens is 297 g/mol. The first-order valence-electron chi connectivity index (χ1n) is 5.96. The van der Waals surface area contributed by atoms with Crippen molar-refractivity contribution in [2.45, 2.75) is 0 Å². The summed E-state index contributed by atoms with van der Waals surface area (Å²) < 4.78 is 18.4. The third-order valence-electron chi connectivity index (χ3n) is 2.79. The van der Waals surface area contributed by atoms with E-state index in [1.807, 2.05) is 0 Å². The maximum atomic E-state index is 13.6. The highest BCUT2D eigenvalue weighted by Crippen LogP contribution is 2.24. The van der Waals surface area contributed by atoms with E-state index in [9.17, 15) is 9.18 Å². The van der Waals surface area contributed by atoms with Gasteiger partial charge in [-0.15, -0.1) is 0 Å². The Morgan fingerprint density at radius 1 is 1.29 bits per heavy atom. The molecule has 0 unspecified atom stereocenters. The number of carbonyl (C=O) groups excluding carboxylic acids is 1. The molecule has 0 aliphatic heterocycles. The Morgan fingerprint density at radius 2 is 2.05 bits per heavy atom. The molecule has 4 N–H and O–H groups in total. The smallest absolute Gasteiger partial charge is 0.257 e. The molecule has 0 aromatic heterocycles. The van der Waals surface area contributed by atoms with Crippen LogP contribution in [0.15, 0.2) is 36.4 Å². The van der Waals surface area contributed by atoms with E-state index in [-0.39, 0.29) is 11.3 Å². The van der Waals surface area contributed by atoms with Crippen LogP contribution in [-0.4, -0.2) is 13.0 Å². The van der Waals surface area contributed by atoms with Crippen molar-refractivity contribution in [1.29, 1.82) is 0 Å². The number of benzene rings is 2. The standard InChI is InChI=1S/C14H13ClFN3O2/c1-21-13-5-3-9(7-11(13)16)18-14(20)10-6-8(15)2-4-12(10)19-17/h2-7,19H,17H2,1H3,(H,18,20). The summed E-state index contributed by atoms with van der Waals surface area (Å²) in [5.74, 6) is 4.41. The lowest BCUT2D eigenvalue weighted by atomic mass is 10.1. The van der Waals surface area contributed by atoms with Crippen molar-refractivity contribution >= 4 is 28.9 Å². The van der Waals surface area contributed by atoms with Crippen molar-refractivity contribution in [2.75, 3.05) is 17.9 Å². The minimum Gasteiger partial charge on any atom is -0.494 e. The molecule has 0 radical (unpaired) electrons. The van der Waals surface area contributed by atoms with Crippen LogP contribution in [0.25, 0.3) is 0 Å². The second-order valence-electron chi connectivity index (χ2n) is 4.14. The van der Waals surface area contributed by atoms with Crippen LogP contribution in [0.3, 0.4) is 0 Å². The number of nitrogen functional groups attached to an aromatic ring is 1. The second-order valence-corrected chi connectivity index (χ2v) is 4.57. The number of rotatable bonds is 4. The average molecular weight is 310 g/mol. The summed E-state index contributed by atoms with van der Waals surface area (Å²) in [5.41, 5.74) is 3.36. The van der Waals surface area contributed by atoms with Gasteiger partial charge in [0, 0.05) is 16.8 Å². The number of carbonyl (C=O) groups is 1.